The Morgan fingerprint density at radius 2 is 1.93 bits per heavy atom. The van der Waals surface area contributed by atoms with E-state index < -0.39 is 32.4 Å². The summed E-state index contributed by atoms with van der Waals surface area (Å²) in [6, 6.07) is 11.6. The second-order valence-corrected chi connectivity index (χ2v) is 20.4. The van der Waals surface area contributed by atoms with E-state index in [1.54, 1.807) is 13.2 Å². The first-order valence-electron chi connectivity index (χ1n) is 20.3. The van der Waals surface area contributed by atoms with Gasteiger partial charge in [-0.2, -0.15) is 0 Å². The first kappa shape index (κ1) is 39.1. The van der Waals surface area contributed by atoms with Crippen LogP contribution in [0.5, 0.6) is 5.75 Å². The highest BCUT2D eigenvalue weighted by molar-refractivity contribution is 7.99. The van der Waals surface area contributed by atoms with E-state index in [9.17, 15) is 17.8 Å². The normalized spacial score (nSPS) is 37.3. The Labute approximate surface area is 331 Å². The number of aryl methyl sites for hydroxylation is 1. The van der Waals surface area contributed by atoms with Crippen molar-refractivity contribution < 1.29 is 27.3 Å². The first-order chi connectivity index (χ1) is 26.2. The summed E-state index contributed by atoms with van der Waals surface area (Å²) in [5, 5.41) is 0.337. The number of benzene rings is 2. The maximum Gasteiger partial charge on any atom is 0.262 e. The molecule has 2 aromatic rings. The molecule has 4 aliphatic heterocycles. The van der Waals surface area contributed by atoms with Crippen molar-refractivity contribution in [2.24, 2.45) is 17.8 Å². The van der Waals surface area contributed by atoms with Crippen LogP contribution in [0.1, 0.15) is 80.3 Å². The lowest BCUT2D eigenvalue weighted by atomic mass is 9.63. The van der Waals surface area contributed by atoms with Crippen LogP contribution >= 0.6 is 11.6 Å². The highest BCUT2D eigenvalue weighted by Gasteiger charge is 2.51. The van der Waals surface area contributed by atoms with E-state index in [-0.39, 0.29) is 42.1 Å². The number of allylic oxidation sites excluding steroid dienone is 1. The molecule has 1 spiro atoms. The summed E-state index contributed by atoms with van der Waals surface area (Å²) in [4.78, 5) is 20.9. The zero-order valence-electron chi connectivity index (χ0n) is 32.5. The maximum absolute atomic E-state index is 14.6. The molecule has 1 unspecified atom stereocenters. The fraction of sp³-hybridized carbons (Fsp3) is 0.628. The lowest BCUT2D eigenvalue weighted by Gasteiger charge is -2.53. The molecule has 300 valence electrons. The number of piperidine rings is 1. The molecule has 2 saturated heterocycles. The molecule has 4 heterocycles. The lowest BCUT2D eigenvalue weighted by Crippen LogP contribution is -2.62. The van der Waals surface area contributed by atoms with Crippen molar-refractivity contribution in [2.45, 2.75) is 93.4 Å². The van der Waals surface area contributed by atoms with Gasteiger partial charge < -0.3 is 14.4 Å². The molecule has 12 heteroatoms. The van der Waals surface area contributed by atoms with Gasteiger partial charge in [0.05, 0.1) is 22.0 Å². The van der Waals surface area contributed by atoms with Crippen LogP contribution in [0.25, 0.3) is 0 Å². The van der Waals surface area contributed by atoms with E-state index in [1.807, 2.05) is 32.0 Å². The highest BCUT2D eigenvalue weighted by atomic mass is 35.5. The van der Waals surface area contributed by atoms with Gasteiger partial charge in [-0.15, -0.1) is 0 Å². The molecule has 2 aromatic carbocycles. The van der Waals surface area contributed by atoms with Gasteiger partial charge in [-0.3, -0.25) is 19.3 Å². The number of nitrogens with one attached hydrogen (secondary N) is 1. The topological polar surface area (TPSA) is 74.4 Å². The monoisotopic (exact) mass is 798 g/mol. The average Bonchev–Trinajstić information content (AvgIpc) is 3.28. The molecule has 3 fully saturated rings. The number of halogens is 3. The van der Waals surface area contributed by atoms with Crippen LogP contribution in [0.15, 0.2) is 48.6 Å². The number of amides is 1. The fourth-order valence-electron chi connectivity index (χ4n) is 10.6. The van der Waals surface area contributed by atoms with Gasteiger partial charge in [0.1, 0.15) is 11.4 Å². The second-order valence-electron chi connectivity index (χ2n) is 17.6. The van der Waals surface area contributed by atoms with Crippen molar-refractivity contribution in [3.05, 3.63) is 70.3 Å². The Morgan fingerprint density at radius 1 is 1.09 bits per heavy atom. The smallest absolute Gasteiger partial charge is 0.262 e. The van der Waals surface area contributed by atoms with E-state index in [2.05, 4.69) is 49.6 Å². The molecule has 2 aliphatic carbocycles. The average molecular weight is 799 g/mol. The minimum absolute atomic E-state index is 0.0467. The minimum Gasteiger partial charge on any atom is -0.490 e. The van der Waals surface area contributed by atoms with Crippen molar-refractivity contribution in [1.29, 1.82) is 0 Å². The Morgan fingerprint density at radius 3 is 2.71 bits per heavy atom. The summed E-state index contributed by atoms with van der Waals surface area (Å²) < 4.78 is 59.6. The number of piperazine rings is 1. The number of ether oxygens (including phenoxy) is 2. The van der Waals surface area contributed by atoms with Gasteiger partial charge in [0.25, 0.3) is 11.8 Å². The molecular weight excluding hydrogens is 742 g/mol. The van der Waals surface area contributed by atoms with Gasteiger partial charge in [-0.1, -0.05) is 36.7 Å². The second kappa shape index (κ2) is 14.9. The predicted molar refractivity (Wildman–Crippen MR) is 217 cm³/mol. The molecule has 8 rings (SSSR count). The summed E-state index contributed by atoms with van der Waals surface area (Å²) in [7, 11) is -1.22. The zero-order chi connectivity index (χ0) is 38.8. The molecule has 6 aliphatic rings. The number of fused-ring (bicyclic) bond motifs is 5. The van der Waals surface area contributed by atoms with E-state index in [4.69, 9.17) is 21.1 Å². The molecular formula is C43H57ClF2N4O4S. The summed E-state index contributed by atoms with van der Waals surface area (Å²) in [6.07, 6.45) is 9.81. The molecule has 0 aromatic heterocycles. The number of rotatable bonds is 3. The van der Waals surface area contributed by atoms with Crippen LogP contribution in [-0.2, 0) is 26.3 Å². The summed E-state index contributed by atoms with van der Waals surface area (Å²) in [5.74, 6) is 2.13. The first-order valence-corrected chi connectivity index (χ1v) is 22.4. The summed E-state index contributed by atoms with van der Waals surface area (Å²) >= 11 is 6.51. The molecule has 1 N–H and O–H groups in total. The van der Waals surface area contributed by atoms with E-state index in [0.717, 1.165) is 68.2 Å². The Hall–Kier alpha value is -2.70. The fourth-order valence-corrected chi connectivity index (χ4v) is 12.3. The van der Waals surface area contributed by atoms with E-state index >= 15 is 0 Å². The van der Waals surface area contributed by atoms with Gasteiger partial charge in [0, 0.05) is 93.1 Å². The van der Waals surface area contributed by atoms with Crippen LogP contribution in [-0.4, -0.2) is 108 Å². The third kappa shape index (κ3) is 7.57. The number of hydrogen-bond donors (Lipinski definition) is 1. The number of carbonyl (C=O) groups is 1. The predicted octanol–water partition coefficient (Wildman–Crippen LogP) is 6.99. The van der Waals surface area contributed by atoms with Gasteiger partial charge in [0.2, 0.25) is 0 Å². The molecule has 2 bridgehead atoms. The van der Waals surface area contributed by atoms with Crippen molar-refractivity contribution in [1.82, 2.24) is 14.5 Å². The third-order valence-electron chi connectivity index (χ3n) is 14.2. The molecule has 1 amide bonds. The number of hydrogen-bond acceptors (Lipinski definition) is 7. The number of carbonyl (C=O) groups excluding carboxylic acids is 1. The van der Waals surface area contributed by atoms with Crippen LogP contribution < -0.4 is 14.4 Å². The molecule has 55 heavy (non-hydrogen) atoms. The van der Waals surface area contributed by atoms with Crippen LogP contribution in [0.2, 0.25) is 5.02 Å². The van der Waals surface area contributed by atoms with Gasteiger partial charge >= 0.3 is 0 Å². The number of alkyl halides is 2. The van der Waals surface area contributed by atoms with Gasteiger partial charge in [0.15, 0.2) is 0 Å². The SMILES string of the molecule is C=S1(=O)NC(=O)c2ccc3c(c2)N(C[C@@H]2CC[C@H]2[C@@](CN2CCN4CCC(F)(F)C[C@H]4C2)(OC)/C=C/C[C@H](C)[C@H]1C)C[C@@]1(CCCc2cc(Cl)ccc21)CO3. The van der Waals surface area contributed by atoms with Crippen molar-refractivity contribution in [3.63, 3.8) is 0 Å². The Bertz CT molecular complexity index is 1930. The number of methoxy groups -OCH3 is 1. The third-order valence-corrected chi connectivity index (χ3v) is 16.6. The zero-order valence-corrected chi connectivity index (χ0v) is 34.1. The Kier molecular flexibility index (Phi) is 10.6. The Balaban J connectivity index is 1.18. The van der Waals surface area contributed by atoms with E-state index in [1.165, 1.54) is 11.1 Å². The van der Waals surface area contributed by atoms with Crippen molar-refractivity contribution in [2.75, 3.05) is 64.4 Å². The highest BCUT2D eigenvalue weighted by Crippen LogP contribution is 2.49. The lowest BCUT2D eigenvalue weighted by molar-refractivity contribution is -0.119. The summed E-state index contributed by atoms with van der Waals surface area (Å²) in [6.45, 7) is 9.11. The van der Waals surface area contributed by atoms with Gasteiger partial charge in [-0.25, -0.2) is 13.0 Å². The van der Waals surface area contributed by atoms with Crippen molar-refractivity contribution in [3.8, 4) is 5.75 Å². The maximum atomic E-state index is 14.6. The molecule has 8 nitrogen and oxygen atoms in total. The summed E-state index contributed by atoms with van der Waals surface area (Å²) in [5.41, 5.74) is 2.87. The number of nitrogens with zero attached hydrogens (tertiary/aromatic N) is 3. The minimum atomic E-state index is -3.02. The number of anilines is 1. The quantitative estimate of drug-likeness (QED) is 0.266. The largest absolute Gasteiger partial charge is 0.490 e. The molecule has 0 radical (unpaired) electrons. The standard InChI is InChI=1S/C43H57ClF2N4O4S/c1-29-7-5-16-42(53-3,27-48-19-20-49-18-17-43(45,46)23-35(49)25-48)37-12-9-33(37)24-50-26-41(15-6-8-31-21-34(44)11-13-36(31)41)28-54-39-14-10-32(22-38(39)50)40(51)47-55(4,52)30(29)2/h5,10-11,13-14,16,21-22,29-30,33,35,37H,4,6-9,12,15,17-20,23-28H2,1-3H3,(H,47,51,52)/b16-5+/t29-,30+,33-,35-,37+,41-,42+,55?/m0/s1. The van der Waals surface area contributed by atoms with Crippen LogP contribution in [0.3, 0.4) is 0 Å². The van der Waals surface area contributed by atoms with Gasteiger partial charge in [-0.05, 0) is 111 Å². The van der Waals surface area contributed by atoms with Crippen LogP contribution in [0.4, 0.5) is 14.5 Å². The van der Waals surface area contributed by atoms with Crippen LogP contribution in [0, 0.1) is 17.8 Å². The van der Waals surface area contributed by atoms with Crippen molar-refractivity contribution >= 4 is 38.8 Å². The molecule has 1 saturated carbocycles. The molecule has 8 atom stereocenters. The van der Waals surface area contributed by atoms with E-state index in [0.29, 0.717) is 44.8 Å².